The Morgan fingerprint density at radius 2 is 2.00 bits per heavy atom. The molecule has 1 aliphatic carbocycles. The summed E-state index contributed by atoms with van der Waals surface area (Å²) in [6.45, 7) is 9.18. The summed E-state index contributed by atoms with van der Waals surface area (Å²) in [6, 6.07) is 4.14. The van der Waals surface area contributed by atoms with Crippen molar-refractivity contribution in [3.8, 4) is 0 Å². The molecule has 7 nitrogen and oxygen atoms in total. The van der Waals surface area contributed by atoms with E-state index in [9.17, 15) is 4.79 Å². The number of carbonyl (C=O) groups is 1. The van der Waals surface area contributed by atoms with Crippen LogP contribution in [0.2, 0.25) is 0 Å². The van der Waals surface area contributed by atoms with Crippen LogP contribution in [0, 0.1) is 5.92 Å². The van der Waals surface area contributed by atoms with E-state index in [4.69, 9.17) is 9.15 Å². The number of nitrogens with one attached hydrogen (secondary N) is 1. The molecule has 0 bridgehead atoms. The first-order chi connectivity index (χ1) is 13.9. The lowest BCUT2D eigenvalue weighted by Crippen LogP contribution is -2.52. The number of carbonyl (C=O) groups excluding carboxylic acids is 1. The number of hydrogen-bond acceptors (Lipinski definition) is 4. The monoisotopic (exact) mass is 532 g/mol. The minimum absolute atomic E-state index is 0. The number of halogens is 1. The molecule has 2 heterocycles. The van der Waals surface area contributed by atoms with Crippen molar-refractivity contribution >= 4 is 36.0 Å². The normalized spacial score (nSPS) is 18.0. The van der Waals surface area contributed by atoms with Gasteiger partial charge < -0.3 is 24.3 Å². The van der Waals surface area contributed by atoms with Crippen molar-refractivity contribution < 1.29 is 13.9 Å². The van der Waals surface area contributed by atoms with Gasteiger partial charge in [-0.1, -0.05) is 0 Å². The molecule has 170 valence electrons. The van der Waals surface area contributed by atoms with E-state index >= 15 is 0 Å². The number of hydrogen-bond donors (Lipinski definition) is 1. The quantitative estimate of drug-likeness (QED) is 0.339. The summed E-state index contributed by atoms with van der Waals surface area (Å²) in [7, 11) is 1.82. The highest BCUT2D eigenvalue weighted by Crippen LogP contribution is 2.32. The molecule has 1 aliphatic heterocycles. The van der Waals surface area contributed by atoms with Crippen LogP contribution in [-0.4, -0.2) is 66.7 Å². The van der Waals surface area contributed by atoms with Gasteiger partial charge in [0, 0.05) is 45.7 Å². The molecule has 8 heteroatoms. The predicted molar refractivity (Wildman–Crippen MR) is 129 cm³/mol. The number of piperidine rings is 1. The van der Waals surface area contributed by atoms with E-state index in [1.807, 2.05) is 44.9 Å². The van der Waals surface area contributed by atoms with Crippen molar-refractivity contribution in [1.29, 1.82) is 0 Å². The summed E-state index contributed by atoms with van der Waals surface area (Å²) < 4.78 is 11.1. The van der Waals surface area contributed by atoms with E-state index in [1.54, 1.807) is 6.26 Å². The van der Waals surface area contributed by atoms with Crippen LogP contribution in [0.15, 0.2) is 27.8 Å². The van der Waals surface area contributed by atoms with Gasteiger partial charge in [-0.25, -0.2) is 4.79 Å². The Bertz CT molecular complexity index is 675. The summed E-state index contributed by atoms with van der Waals surface area (Å²) >= 11 is 0. The largest absolute Gasteiger partial charge is 0.469 e. The maximum Gasteiger partial charge on any atom is 0.410 e. The lowest BCUT2D eigenvalue weighted by atomic mass is 10.0. The van der Waals surface area contributed by atoms with Gasteiger partial charge in [0.2, 0.25) is 0 Å². The summed E-state index contributed by atoms with van der Waals surface area (Å²) in [5.41, 5.74) is -0.459. The van der Waals surface area contributed by atoms with Crippen LogP contribution in [-0.2, 0) is 11.2 Å². The maximum absolute atomic E-state index is 12.8. The molecular formula is C22H37IN4O3. The summed E-state index contributed by atoms with van der Waals surface area (Å²) in [5.74, 6) is 2.54. The van der Waals surface area contributed by atoms with Gasteiger partial charge >= 0.3 is 6.09 Å². The topological polar surface area (TPSA) is 70.3 Å². The number of amides is 1. The fraction of sp³-hybridized carbons (Fsp3) is 0.727. The Balaban J connectivity index is 0.00000320. The zero-order valence-electron chi connectivity index (χ0n) is 18.7. The van der Waals surface area contributed by atoms with Crippen LogP contribution >= 0.6 is 24.0 Å². The third-order valence-corrected chi connectivity index (χ3v) is 5.43. The number of guanidine groups is 1. The van der Waals surface area contributed by atoms with Crippen LogP contribution < -0.4 is 5.32 Å². The number of furan rings is 1. The minimum atomic E-state index is -0.459. The molecule has 1 saturated heterocycles. The lowest BCUT2D eigenvalue weighted by Gasteiger charge is -2.40. The number of aliphatic imine (C=N–C) groups is 1. The third kappa shape index (κ3) is 7.67. The molecule has 0 spiro atoms. The van der Waals surface area contributed by atoms with Gasteiger partial charge in [-0.3, -0.25) is 4.99 Å². The average molecular weight is 532 g/mol. The molecular weight excluding hydrogens is 495 g/mol. The van der Waals surface area contributed by atoms with Crippen molar-refractivity contribution in [2.45, 2.75) is 64.5 Å². The van der Waals surface area contributed by atoms with Crippen molar-refractivity contribution in [2.24, 2.45) is 10.9 Å². The Morgan fingerprint density at radius 3 is 2.53 bits per heavy atom. The second kappa shape index (κ2) is 11.2. The molecule has 2 fully saturated rings. The van der Waals surface area contributed by atoms with Crippen LogP contribution in [0.1, 0.15) is 52.2 Å². The molecule has 2 aliphatic rings. The molecule has 0 atom stereocenters. The second-order valence-electron chi connectivity index (χ2n) is 9.10. The average Bonchev–Trinajstić information content (AvgIpc) is 3.35. The fourth-order valence-corrected chi connectivity index (χ4v) is 3.75. The number of likely N-dealkylation sites (tertiary alicyclic amines) is 1. The molecule has 0 aromatic carbocycles. The van der Waals surface area contributed by atoms with E-state index in [0.717, 1.165) is 57.2 Å². The molecule has 1 N–H and O–H groups in total. The number of nitrogens with zero attached hydrogens (tertiary/aromatic N) is 3. The van der Waals surface area contributed by atoms with Crippen LogP contribution in [0.4, 0.5) is 4.79 Å². The van der Waals surface area contributed by atoms with Gasteiger partial charge in [0.25, 0.3) is 0 Å². The molecule has 0 unspecified atom stereocenters. The summed E-state index contributed by atoms with van der Waals surface area (Å²) in [4.78, 5) is 21.5. The highest BCUT2D eigenvalue weighted by molar-refractivity contribution is 14.0. The number of rotatable bonds is 6. The SMILES string of the molecule is CN=C(NCCc1ccco1)N1CCC(N(CC2CC2)C(=O)OC(C)(C)C)CC1.I. The van der Waals surface area contributed by atoms with Crippen LogP contribution in [0.25, 0.3) is 0 Å². The van der Waals surface area contributed by atoms with Crippen LogP contribution in [0.3, 0.4) is 0 Å². The molecule has 0 radical (unpaired) electrons. The zero-order valence-corrected chi connectivity index (χ0v) is 21.1. The molecule has 3 rings (SSSR count). The van der Waals surface area contributed by atoms with E-state index in [1.165, 1.54) is 12.8 Å². The van der Waals surface area contributed by atoms with Gasteiger partial charge in [0.05, 0.1) is 6.26 Å². The first kappa shape index (κ1) is 24.8. The zero-order chi connectivity index (χ0) is 20.9. The summed E-state index contributed by atoms with van der Waals surface area (Å²) in [5, 5.41) is 3.43. The van der Waals surface area contributed by atoms with Gasteiger partial charge in [-0.15, -0.1) is 24.0 Å². The molecule has 30 heavy (non-hydrogen) atoms. The lowest BCUT2D eigenvalue weighted by molar-refractivity contribution is 0.00929. The van der Waals surface area contributed by atoms with Crippen LogP contribution in [0.5, 0.6) is 0 Å². The van der Waals surface area contributed by atoms with E-state index in [-0.39, 0.29) is 36.1 Å². The van der Waals surface area contributed by atoms with E-state index in [2.05, 4.69) is 15.2 Å². The van der Waals surface area contributed by atoms with Crippen molar-refractivity contribution in [3.05, 3.63) is 24.2 Å². The Kier molecular flexibility index (Phi) is 9.31. The van der Waals surface area contributed by atoms with Crippen molar-refractivity contribution in [3.63, 3.8) is 0 Å². The maximum atomic E-state index is 12.8. The standard InChI is InChI=1S/C22H36N4O3.HI/c1-22(2,3)29-21(27)26(16-17-7-8-17)18-10-13-25(14-11-18)20(23-4)24-12-9-19-6-5-15-28-19;/h5-6,15,17-18H,7-14,16H2,1-4H3,(H,23,24);1H. The third-order valence-electron chi connectivity index (χ3n) is 5.43. The first-order valence-electron chi connectivity index (χ1n) is 10.8. The molecule has 1 aromatic heterocycles. The summed E-state index contributed by atoms with van der Waals surface area (Å²) in [6.07, 6.45) is 6.69. The molecule has 1 amide bonds. The Labute approximate surface area is 197 Å². The first-order valence-corrected chi connectivity index (χ1v) is 10.8. The highest BCUT2D eigenvalue weighted by atomic mass is 127. The van der Waals surface area contributed by atoms with E-state index < -0.39 is 5.60 Å². The smallest absolute Gasteiger partial charge is 0.410 e. The van der Waals surface area contributed by atoms with Crippen molar-refractivity contribution in [2.75, 3.05) is 33.2 Å². The van der Waals surface area contributed by atoms with Crippen molar-refractivity contribution in [1.82, 2.24) is 15.1 Å². The Hall–Kier alpha value is -1.45. The van der Waals surface area contributed by atoms with Gasteiger partial charge in [-0.05, 0) is 64.5 Å². The van der Waals surface area contributed by atoms with Gasteiger partial charge in [-0.2, -0.15) is 0 Å². The minimum Gasteiger partial charge on any atom is -0.469 e. The van der Waals surface area contributed by atoms with E-state index in [0.29, 0.717) is 5.92 Å². The predicted octanol–water partition coefficient (Wildman–Crippen LogP) is 4.13. The second-order valence-corrected chi connectivity index (χ2v) is 9.10. The molecule has 1 aromatic rings. The van der Waals surface area contributed by atoms with Gasteiger partial charge in [0.1, 0.15) is 11.4 Å². The molecule has 1 saturated carbocycles. The van der Waals surface area contributed by atoms with Gasteiger partial charge in [0.15, 0.2) is 5.96 Å². The number of ether oxygens (including phenoxy) is 1. The fourth-order valence-electron chi connectivity index (χ4n) is 3.75. The highest BCUT2D eigenvalue weighted by Gasteiger charge is 2.35. The Morgan fingerprint density at radius 1 is 1.30 bits per heavy atom.